The topological polar surface area (TPSA) is 92.8 Å². The smallest absolute Gasteiger partial charge is 0.338 e. The Hall–Kier alpha value is -4.40. The van der Waals surface area contributed by atoms with Gasteiger partial charge in [-0.1, -0.05) is 0 Å². The number of nitrogens with zero attached hydrogens (tertiary/aromatic N) is 1. The van der Waals surface area contributed by atoms with Gasteiger partial charge in [0.1, 0.15) is 12.4 Å². The standard InChI is InChI=1S/C29H29NO8/c1-4-35-29(32)18-5-8-21(9-6-18)36-16-23-22-15-26(34-3)25(33-2)13-19(22)11-12-30(23)28(31)20-7-10-24-27(14-20)38-17-37-24/h5-10,13-15,23H,4,11-12,16-17H2,1-3H3/t23-/m0/s1. The summed E-state index contributed by atoms with van der Waals surface area (Å²) in [5.41, 5.74) is 2.93. The minimum Gasteiger partial charge on any atom is -0.493 e. The molecule has 0 saturated heterocycles. The van der Waals surface area contributed by atoms with E-state index in [0.29, 0.717) is 59.4 Å². The summed E-state index contributed by atoms with van der Waals surface area (Å²) >= 11 is 0. The summed E-state index contributed by atoms with van der Waals surface area (Å²) < 4.78 is 33.1. The van der Waals surface area contributed by atoms with Crippen molar-refractivity contribution in [2.45, 2.75) is 19.4 Å². The van der Waals surface area contributed by atoms with Crippen LogP contribution in [0.2, 0.25) is 0 Å². The van der Waals surface area contributed by atoms with Crippen LogP contribution in [0.4, 0.5) is 0 Å². The van der Waals surface area contributed by atoms with Crippen LogP contribution in [0.5, 0.6) is 28.7 Å². The van der Waals surface area contributed by atoms with Gasteiger partial charge in [0.2, 0.25) is 6.79 Å². The Morgan fingerprint density at radius 1 is 0.921 bits per heavy atom. The number of esters is 1. The molecular weight excluding hydrogens is 490 g/mol. The van der Waals surface area contributed by atoms with E-state index in [0.717, 1.165) is 11.1 Å². The van der Waals surface area contributed by atoms with Gasteiger partial charge in [0, 0.05) is 12.1 Å². The fourth-order valence-corrected chi connectivity index (χ4v) is 4.72. The lowest BCUT2D eigenvalue weighted by molar-refractivity contribution is 0.0524. The van der Waals surface area contributed by atoms with Gasteiger partial charge in [0.25, 0.3) is 5.91 Å². The van der Waals surface area contributed by atoms with E-state index < -0.39 is 6.04 Å². The number of fused-ring (bicyclic) bond motifs is 2. The minimum absolute atomic E-state index is 0.136. The van der Waals surface area contributed by atoms with E-state index in [1.165, 1.54) is 0 Å². The van der Waals surface area contributed by atoms with Crippen molar-refractivity contribution in [3.8, 4) is 28.7 Å². The molecule has 0 spiro atoms. The third-order valence-electron chi connectivity index (χ3n) is 6.66. The molecule has 9 nitrogen and oxygen atoms in total. The SMILES string of the molecule is CCOC(=O)c1ccc(OC[C@H]2c3cc(OC)c(OC)cc3CCN2C(=O)c2ccc3c(c2)OCO3)cc1. The molecule has 0 aromatic heterocycles. The second-order valence-electron chi connectivity index (χ2n) is 8.79. The van der Waals surface area contributed by atoms with Crippen molar-refractivity contribution in [1.29, 1.82) is 0 Å². The quantitative estimate of drug-likeness (QED) is 0.404. The van der Waals surface area contributed by atoms with E-state index in [9.17, 15) is 9.59 Å². The Bertz CT molecular complexity index is 1340. The predicted molar refractivity (Wildman–Crippen MR) is 137 cm³/mol. The second kappa shape index (κ2) is 10.9. The first-order chi connectivity index (χ1) is 18.5. The van der Waals surface area contributed by atoms with Crippen molar-refractivity contribution < 1.29 is 38.0 Å². The molecule has 5 rings (SSSR count). The average Bonchev–Trinajstić information content (AvgIpc) is 3.43. The van der Waals surface area contributed by atoms with Crippen molar-refractivity contribution in [1.82, 2.24) is 4.90 Å². The van der Waals surface area contributed by atoms with Gasteiger partial charge in [-0.3, -0.25) is 4.79 Å². The first kappa shape index (κ1) is 25.3. The molecule has 0 fully saturated rings. The van der Waals surface area contributed by atoms with Crippen molar-refractivity contribution >= 4 is 11.9 Å². The molecule has 0 bridgehead atoms. The van der Waals surface area contributed by atoms with E-state index in [4.69, 9.17) is 28.4 Å². The largest absolute Gasteiger partial charge is 0.493 e. The fourth-order valence-electron chi connectivity index (χ4n) is 4.72. The van der Waals surface area contributed by atoms with E-state index in [1.807, 2.05) is 12.1 Å². The molecule has 2 aliphatic rings. The summed E-state index contributed by atoms with van der Waals surface area (Å²) in [7, 11) is 3.18. The average molecular weight is 520 g/mol. The van der Waals surface area contributed by atoms with Gasteiger partial charge < -0.3 is 33.3 Å². The van der Waals surface area contributed by atoms with E-state index in [2.05, 4.69) is 0 Å². The van der Waals surface area contributed by atoms with Gasteiger partial charge in [0.15, 0.2) is 23.0 Å². The Labute approximate surface area is 220 Å². The summed E-state index contributed by atoms with van der Waals surface area (Å²) in [4.78, 5) is 27.5. The number of hydrogen-bond donors (Lipinski definition) is 0. The van der Waals surface area contributed by atoms with E-state index in [-0.39, 0.29) is 25.3 Å². The normalized spacial score (nSPS) is 15.4. The molecule has 3 aromatic carbocycles. The number of benzene rings is 3. The minimum atomic E-state index is -0.402. The number of rotatable bonds is 8. The zero-order valence-electron chi connectivity index (χ0n) is 21.5. The van der Waals surface area contributed by atoms with Gasteiger partial charge in [-0.25, -0.2) is 4.79 Å². The third-order valence-corrected chi connectivity index (χ3v) is 6.66. The van der Waals surface area contributed by atoms with Crippen LogP contribution in [-0.4, -0.2) is 57.5 Å². The lowest BCUT2D eigenvalue weighted by atomic mass is 9.91. The highest BCUT2D eigenvalue weighted by atomic mass is 16.7. The Kier molecular flexibility index (Phi) is 7.26. The maximum atomic E-state index is 13.8. The number of amides is 1. The molecule has 2 heterocycles. The lowest BCUT2D eigenvalue weighted by Crippen LogP contribution is -2.42. The highest BCUT2D eigenvalue weighted by molar-refractivity contribution is 5.95. The van der Waals surface area contributed by atoms with Crippen LogP contribution < -0.4 is 23.7 Å². The van der Waals surface area contributed by atoms with Crippen LogP contribution >= 0.6 is 0 Å². The highest BCUT2D eigenvalue weighted by Crippen LogP contribution is 2.40. The lowest BCUT2D eigenvalue weighted by Gasteiger charge is -2.37. The molecule has 3 aromatic rings. The Morgan fingerprint density at radius 3 is 2.37 bits per heavy atom. The van der Waals surface area contributed by atoms with Crippen LogP contribution in [0, 0.1) is 0 Å². The van der Waals surface area contributed by atoms with Gasteiger partial charge in [-0.2, -0.15) is 0 Å². The molecule has 0 aliphatic carbocycles. The van der Waals surface area contributed by atoms with Crippen LogP contribution in [0.1, 0.15) is 44.8 Å². The molecule has 9 heteroatoms. The Morgan fingerprint density at radius 2 is 1.63 bits per heavy atom. The molecule has 0 N–H and O–H groups in total. The van der Waals surface area contributed by atoms with Gasteiger partial charge in [-0.05, 0) is 79.1 Å². The van der Waals surface area contributed by atoms with Crippen LogP contribution in [0.15, 0.2) is 54.6 Å². The summed E-state index contributed by atoms with van der Waals surface area (Å²) in [6.45, 7) is 2.89. The molecule has 1 amide bonds. The van der Waals surface area contributed by atoms with Crippen molar-refractivity contribution in [3.63, 3.8) is 0 Å². The molecule has 0 saturated carbocycles. The maximum absolute atomic E-state index is 13.8. The zero-order chi connectivity index (χ0) is 26.6. The summed E-state index contributed by atoms with van der Waals surface area (Å²) in [5.74, 6) is 2.42. The van der Waals surface area contributed by atoms with Gasteiger partial charge in [0.05, 0.1) is 32.4 Å². The van der Waals surface area contributed by atoms with Crippen molar-refractivity contribution in [2.24, 2.45) is 0 Å². The molecule has 0 unspecified atom stereocenters. The van der Waals surface area contributed by atoms with Crippen LogP contribution in [-0.2, 0) is 11.2 Å². The fraction of sp³-hybridized carbons (Fsp3) is 0.310. The number of carbonyl (C=O) groups is 2. The third kappa shape index (κ3) is 4.91. The van der Waals surface area contributed by atoms with E-state index in [1.54, 1.807) is 68.5 Å². The van der Waals surface area contributed by atoms with Crippen LogP contribution in [0.3, 0.4) is 0 Å². The molecule has 198 valence electrons. The summed E-state index contributed by atoms with van der Waals surface area (Å²) in [6, 6.07) is 15.4. The highest BCUT2D eigenvalue weighted by Gasteiger charge is 2.34. The molecule has 2 aliphatic heterocycles. The van der Waals surface area contributed by atoms with Crippen molar-refractivity contribution in [3.05, 3.63) is 76.9 Å². The Balaban J connectivity index is 1.44. The zero-order valence-corrected chi connectivity index (χ0v) is 21.5. The first-order valence-corrected chi connectivity index (χ1v) is 12.4. The molecular formula is C29H29NO8. The molecule has 0 radical (unpaired) electrons. The predicted octanol–water partition coefficient (Wildman–Crippen LogP) is 4.43. The number of methoxy groups -OCH3 is 2. The van der Waals surface area contributed by atoms with Gasteiger partial charge >= 0.3 is 5.97 Å². The number of ether oxygens (including phenoxy) is 6. The van der Waals surface area contributed by atoms with E-state index >= 15 is 0 Å². The number of carbonyl (C=O) groups excluding carboxylic acids is 2. The summed E-state index contributed by atoms with van der Waals surface area (Å²) in [6.07, 6.45) is 0.650. The molecule has 38 heavy (non-hydrogen) atoms. The monoisotopic (exact) mass is 519 g/mol. The second-order valence-corrected chi connectivity index (χ2v) is 8.79. The summed E-state index contributed by atoms with van der Waals surface area (Å²) in [5, 5.41) is 0. The molecule has 1 atom stereocenters. The van der Waals surface area contributed by atoms with Crippen molar-refractivity contribution in [2.75, 3.05) is 40.8 Å². The van der Waals surface area contributed by atoms with Gasteiger partial charge in [-0.15, -0.1) is 0 Å². The van der Waals surface area contributed by atoms with Crippen LogP contribution in [0.25, 0.3) is 0 Å². The maximum Gasteiger partial charge on any atom is 0.338 e. The number of hydrogen-bond acceptors (Lipinski definition) is 8. The first-order valence-electron chi connectivity index (χ1n) is 12.4.